The first-order valence-corrected chi connectivity index (χ1v) is 17.6. The van der Waals surface area contributed by atoms with Gasteiger partial charge in [0, 0.05) is 16.2 Å². The number of hydrogen-bond donors (Lipinski definition) is 0. The van der Waals surface area contributed by atoms with E-state index in [0.29, 0.717) is 0 Å². The number of benzene rings is 10. The molecule has 0 aliphatic heterocycles. The van der Waals surface area contributed by atoms with E-state index in [-0.39, 0.29) is 0 Å². The molecule has 0 saturated heterocycles. The van der Waals surface area contributed by atoms with Gasteiger partial charge in [0.15, 0.2) is 0 Å². The van der Waals surface area contributed by atoms with Crippen molar-refractivity contribution in [2.24, 2.45) is 0 Å². The van der Waals surface area contributed by atoms with Crippen LogP contribution in [0.3, 0.4) is 0 Å². The van der Waals surface area contributed by atoms with Crippen molar-refractivity contribution in [1.29, 1.82) is 0 Å². The Balaban J connectivity index is 1.13. The maximum absolute atomic E-state index is 6.56. The zero-order valence-corrected chi connectivity index (χ0v) is 27.7. The van der Waals surface area contributed by atoms with Crippen molar-refractivity contribution in [1.82, 2.24) is 0 Å². The van der Waals surface area contributed by atoms with Gasteiger partial charge in [0.25, 0.3) is 0 Å². The Hall–Kier alpha value is -6.70. The smallest absolute Gasteiger partial charge is 0.143 e. The summed E-state index contributed by atoms with van der Waals surface area (Å²) in [5, 5.41) is 14.7. The minimum atomic E-state index is 0.929. The summed E-state index contributed by atoms with van der Waals surface area (Å²) in [5.41, 5.74) is 9.35. The summed E-state index contributed by atoms with van der Waals surface area (Å²) < 4.78 is 6.56. The number of fused-ring (bicyclic) bond motifs is 10. The molecule has 11 aromatic rings. The molecule has 0 atom stereocenters. The van der Waals surface area contributed by atoms with Crippen LogP contribution in [0, 0.1) is 0 Å². The van der Waals surface area contributed by atoms with E-state index in [1.54, 1.807) is 0 Å². The van der Waals surface area contributed by atoms with Crippen LogP contribution in [0.1, 0.15) is 0 Å². The van der Waals surface area contributed by atoms with Crippen molar-refractivity contribution in [3.8, 4) is 33.4 Å². The second-order valence-corrected chi connectivity index (χ2v) is 13.6. The van der Waals surface area contributed by atoms with Gasteiger partial charge in [-0.05, 0) is 106 Å². The number of furan rings is 1. The minimum absolute atomic E-state index is 0.929. The molecule has 0 unspecified atom stereocenters. The first-order chi connectivity index (χ1) is 25.3. The van der Waals surface area contributed by atoms with Crippen molar-refractivity contribution < 1.29 is 4.42 Å². The Morgan fingerprint density at radius 3 is 1.57 bits per heavy atom. The SMILES string of the molecule is c1ccc(-c2c3ccccc3c(-c3ccc(-c4ccc5c(ccc6c5oc5ccc7ccccc7c56)c4)c4ccccc34)c3ccccc23)cc1. The highest BCUT2D eigenvalue weighted by atomic mass is 16.3. The summed E-state index contributed by atoms with van der Waals surface area (Å²) in [6, 6.07) is 66.3. The fourth-order valence-electron chi connectivity index (χ4n) is 8.60. The van der Waals surface area contributed by atoms with Gasteiger partial charge in [0.1, 0.15) is 11.2 Å². The molecular formula is C50H30O. The third-order valence-electron chi connectivity index (χ3n) is 10.8. The molecular weight excluding hydrogens is 617 g/mol. The van der Waals surface area contributed by atoms with Crippen LogP contribution < -0.4 is 0 Å². The second-order valence-electron chi connectivity index (χ2n) is 13.6. The normalized spacial score (nSPS) is 11.9. The Morgan fingerprint density at radius 1 is 0.294 bits per heavy atom. The minimum Gasteiger partial charge on any atom is -0.455 e. The molecule has 0 fully saturated rings. The molecule has 0 amide bonds. The third-order valence-corrected chi connectivity index (χ3v) is 10.8. The lowest BCUT2D eigenvalue weighted by Gasteiger charge is -2.19. The van der Waals surface area contributed by atoms with Gasteiger partial charge in [-0.3, -0.25) is 0 Å². The average molecular weight is 647 g/mol. The molecule has 1 aromatic heterocycles. The summed E-state index contributed by atoms with van der Waals surface area (Å²) in [6.45, 7) is 0. The van der Waals surface area contributed by atoms with E-state index in [1.165, 1.54) is 87.2 Å². The highest BCUT2D eigenvalue weighted by Crippen LogP contribution is 2.47. The molecule has 0 aliphatic carbocycles. The molecule has 1 heteroatoms. The van der Waals surface area contributed by atoms with E-state index in [2.05, 4.69) is 182 Å². The van der Waals surface area contributed by atoms with Crippen molar-refractivity contribution in [2.45, 2.75) is 0 Å². The highest BCUT2D eigenvalue weighted by molar-refractivity contribution is 6.25. The zero-order valence-electron chi connectivity index (χ0n) is 27.7. The lowest BCUT2D eigenvalue weighted by Crippen LogP contribution is -1.92. The molecule has 0 spiro atoms. The third kappa shape index (κ3) is 4.16. The van der Waals surface area contributed by atoms with Crippen molar-refractivity contribution in [2.75, 3.05) is 0 Å². The van der Waals surface area contributed by atoms with Crippen LogP contribution in [0.25, 0.3) is 109 Å². The van der Waals surface area contributed by atoms with E-state index < -0.39 is 0 Å². The van der Waals surface area contributed by atoms with Gasteiger partial charge in [-0.1, -0.05) is 158 Å². The Kier molecular flexibility index (Phi) is 6.02. The molecule has 0 aliphatic rings. The van der Waals surface area contributed by atoms with E-state index in [1.807, 2.05) is 0 Å². The largest absolute Gasteiger partial charge is 0.455 e. The van der Waals surface area contributed by atoms with Gasteiger partial charge in [-0.15, -0.1) is 0 Å². The summed E-state index contributed by atoms with van der Waals surface area (Å²) in [4.78, 5) is 0. The molecule has 1 nitrogen and oxygen atoms in total. The fraction of sp³-hybridized carbons (Fsp3) is 0. The van der Waals surface area contributed by atoms with Crippen LogP contribution in [0.2, 0.25) is 0 Å². The summed E-state index contributed by atoms with van der Waals surface area (Å²) >= 11 is 0. The maximum atomic E-state index is 6.56. The van der Waals surface area contributed by atoms with Gasteiger partial charge in [0.2, 0.25) is 0 Å². The standard InChI is InChI=1S/C50H30O/c1-2-13-32(14-3-1)47-40-18-8-10-20-42(40)48(43-21-11-9-19-41(43)47)44-28-27-35(38-16-6-7-17-39(38)44)33-22-25-37-34(30-33)23-26-45-49-36-15-5-4-12-31(36)24-29-46(49)51-50(37)45/h1-30H. The van der Waals surface area contributed by atoms with E-state index in [9.17, 15) is 0 Å². The molecule has 0 radical (unpaired) electrons. The van der Waals surface area contributed by atoms with Crippen LogP contribution in [0.5, 0.6) is 0 Å². The predicted molar refractivity (Wildman–Crippen MR) is 218 cm³/mol. The zero-order chi connectivity index (χ0) is 33.5. The van der Waals surface area contributed by atoms with Gasteiger partial charge in [0.05, 0.1) is 0 Å². The molecule has 236 valence electrons. The Labute approximate surface area is 294 Å². The fourth-order valence-corrected chi connectivity index (χ4v) is 8.60. The van der Waals surface area contributed by atoms with Gasteiger partial charge < -0.3 is 4.42 Å². The molecule has 0 bridgehead atoms. The van der Waals surface area contributed by atoms with Gasteiger partial charge in [-0.25, -0.2) is 0 Å². The lowest BCUT2D eigenvalue weighted by atomic mass is 9.84. The monoisotopic (exact) mass is 646 g/mol. The quantitative estimate of drug-likeness (QED) is 0.174. The molecule has 0 saturated carbocycles. The molecule has 10 aromatic carbocycles. The Bertz CT molecular complexity index is 3130. The first kappa shape index (κ1) is 28.2. The van der Waals surface area contributed by atoms with Crippen molar-refractivity contribution in [3.05, 3.63) is 182 Å². The van der Waals surface area contributed by atoms with E-state index >= 15 is 0 Å². The van der Waals surface area contributed by atoms with Gasteiger partial charge in [-0.2, -0.15) is 0 Å². The van der Waals surface area contributed by atoms with Crippen LogP contribution >= 0.6 is 0 Å². The number of rotatable bonds is 3. The summed E-state index contributed by atoms with van der Waals surface area (Å²) in [5.74, 6) is 0. The van der Waals surface area contributed by atoms with Crippen molar-refractivity contribution in [3.63, 3.8) is 0 Å². The molecule has 1 heterocycles. The predicted octanol–water partition coefficient (Wildman–Crippen LogP) is 14.4. The van der Waals surface area contributed by atoms with E-state index in [0.717, 1.165) is 21.9 Å². The lowest BCUT2D eigenvalue weighted by molar-refractivity contribution is 0.673. The average Bonchev–Trinajstić information content (AvgIpc) is 3.60. The van der Waals surface area contributed by atoms with Gasteiger partial charge >= 0.3 is 0 Å². The summed E-state index contributed by atoms with van der Waals surface area (Å²) in [7, 11) is 0. The molecule has 51 heavy (non-hydrogen) atoms. The maximum Gasteiger partial charge on any atom is 0.143 e. The van der Waals surface area contributed by atoms with Crippen LogP contribution in [-0.2, 0) is 0 Å². The number of hydrogen-bond acceptors (Lipinski definition) is 1. The molecule has 11 rings (SSSR count). The van der Waals surface area contributed by atoms with Crippen LogP contribution in [-0.4, -0.2) is 0 Å². The Morgan fingerprint density at radius 2 is 0.843 bits per heavy atom. The summed E-state index contributed by atoms with van der Waals surface area (Å²) in [6.07, 6.45) is 0. The van der Waals surface area contributed by atoms with Crippen LogP contribution in [0.4, 0.5) is 0 Å². The first-order valence-electron chi connectivity index (χ1n) is 17.6. The second kappa shape index (κ2) is 10.9. The molecule has 0 N–H and O–H groups in total. The van der Waals surface area contributed by atoms with E-state index in [4.69, 9.17) is 4.42 Å². The highest BCUT2D eigenvalue weighted by Gasteiger charge is 2.19. The van der Waals surface area contributed by atoms with Crippen molar-refractivity contribution >= 4 is 75.8 Å². The topological polar surface area (TPSA) is 13.1 Å². The van der Waals surface area contributed by atoms with Crippen LogP contribution in [0.15, 0.2) is 186 Å².